The molecule has 2 heterocycles. The van der Waals surface area contributed by atoms with Gasteiger partial charge in [0.2, 0.25) is 0 Å². The highest BCUT2D eigenvalue weighted by atomic mass is 19.4. The molecule has 0 aliphatic heterocycles. The smallest absolute Gasteiger partial charge is 0.433 e. The predicted molar refractivity (Wildman–Crippen MR) is 114 cm³/mol. The fourth-order valence-electron chi connectivity index (χ4n) is 3.12. The molecule has 2 aromatic heterocycles. The molecule has 0 bridgehead atoms. The number of aryl methyl sites for hydroxylation is 1. The van der Waals surface area contributed by atoms with Crippen LogP contribution in [0.3, 0.4) is 0 Å². The molecule has 172 valence electrons. The first-order chi connectivity index (χ1) is 15.2. The lowest BCUT2D eigenvalue weighted by molar-refractivity contribution is -0.141. The first kappa shape index (κ1) is 23.5. The molecule has 1 aromatic carbocycles. The van der Waals surface area contributed by atoms with Crippen LogP contribution in [-0.4, -0.2) is 41.9 Å². The van der Waals surface area contributed by atoms with Crippen molar-refractivity contribution in [1.82, 2.24) is 15.0 Å². The number of ether oxygens (including phenoxy) is 3. The number of alkyl halides is 3. The van der Waals surface area contributed by atoms with Gasteiger partial charge in [-0.05, 0) is 37.1 Å². The van der Waals surface area contributed by atoms with E-state index >= 15 is 0 Å². The first-order valence-electron chi connectivity index (χ1n) is 10.0. The van der Waals surface area contributed by atoms with Crippen molar-refractivity contribution in [2.24, 2.45) is 0 Å². The van der Waals surface area contributed by atoms with E-state index in [0.717, 1.165) is 18.7 Å². The summed E-state index contributed by atoms with van der Waals surface area (Å²) < 4.78 is 55.6. The Labute approximate surface area is 184 Å². The topological polar surface area (TPSA) is 78.4 Å². The lowest BCUT2D eigenvalue weighted by Gasteiger charge is -2.17. The molecule has 3 rings (SSSR count). The van der Waals surface area contributed by atoms with Gasteiger partial charge in [0.15, 0.2) is 11.5 Å². The fourth-order valence-corrected chi connectivity index (χ4v) is 3.12. The number of fused-ring (bicyclic) bond motifs is 1. The number of aromatic nitrogens is 3. The van der Waals surface area contributed by atoms with Crippen molar-refractivity contribution in [2.75, 3.05) is 26.1 Å². The maximum absolute atomic E-state index is 13.0. The largest absolute Gasteiger partial charge is 0.493 e. The number of hydrogen-bond donors (Lipinski definition) is 1. The molecule has 10 heteroatoms. The molecule has 1 unspecified atom stereocenters. The van der Waals surface area contributed by atoms with E-state index < -0.39 is 11.9 Å². The van der Waals surface area contributed by atoms with E-state index in [4.69, 9.17) is 14.2 Å². The summed E-state index contributed by atoms with van der Waals surface area (Å²) in [5.41, 5.74) is 0.103. The molecule has 0 saturated carbocycles. The van der Waals surface area contributed by atoms with E-state index in [-0.39, 0.29) is 12.6 Å². The van der Waals surface area contributed by atoms with Crippen molar-refractivity contribution >= 4 is 16.7 Å². The van der Waals surface area contributed by atoms with Gasteiger partial charge in [-0.2, -0.15) is 13.2 Å². The molecule has 0 radical (unpaired) electrons. The van der Waals surface area contributed by atoms with Crippen LogP contribution < -0.4 is 14.8 Å². The Hall–Kier alpha value is -3.14. The maximum Gasteiger partial charge on any atom is 0.433 e. The van der Waals surface area contributed by atoms with E-state index in [0.29, 0.717) is 46.2 Å². The van der Waals surface area contributed by atoms with Gasteiger partial charge in [-0.1, -0.05) is 6.92 Å². The Morgan fingerprint density at radius 2 is 1.88 bits per heavy atom. The lowest BCUT2D eigenvalue weighted by atomic mass is 10.2. The summed E-state index contributed by atoms with van der Waals surface area (Å²) in [5, 5.41) is 3.76. The van der Waals surface area contributed by atoms with Crippen LogP contribution in [0.2, 0.25) is 0 Å². The summed E-state index contributed by atoms with van der Waals surface area (Å²) in [6.45, 7) is 4.19. The molecule has 7 nitrogen and oxygen atoms in total. The zero-order valence-corrected chi connectivity index (χ0v) is 18.3. The summed E-state index contributed by atoms with van der Waals surface area (Å²) in [5.74, 6) is 1.99. The molecule has 1 atom stereocenters. The lowest BCUT2D eigenvalue weighted by Crippen LogP contribution is -2.19. The summed E-state index contributed by atoms with van der Waals surface area (Å²) in [4.78, 5) is 12.3. The number of rotatable bonds is 9. The Bertz CT molecular complexity index is 1070. The van der Waals surface area contributed by atoms with Gasteiger partial charge in [-0.3, -0.25) is 4.98 Å². The quantitative estimate of drug-likeness (QED) is 0.503. The van der Waals surface area contributed by atoms with E-state index in [1.54, 1.807) is 26.2 Å². The number of halogens is 3. The van der Waals surface area contributed by atoms with Gasteiger partial charge in [0.05, 0.1) is 18.7 Å². The number of anilines is 1. The molecule has 0 aliphatic carbocycles. The van der Waals surface area contributed by atoms with Crippen LogP contribution in [0.25, 0.3) is 10.9 Å². The van der Waals surface area contributed by atoms with Crippen LogP contribution in [-0.2, 0) is 17.5 Å². The third-order valence-electron chi connectivity index (χ3n) is 4.88. The van der Waals surface area contributed by atoms with Crippen LogP contribution >= 0.6 is 0 Å². The SMILES string of the molecule is CCC(COc1cc2c(NCc3ccnc(C(F)(F)F)c3)nc(C)nc2cc1OC)OC. The number of nitrogens with one attached hydrogen (secondary N) is 1. The van der Waals surface area contributed by atoms with Crippen LogP contribution in [0.5, 0.6) is 11.5 Å². The molecular weight excluding hydrogens is 425 g/mol. The fraction of sp³-hybridized carbons (Fsp3) is 0.409. The number of pyridine rings is 1. The van der Waals surface area contributed by atoms with Crippen LogP contribution in [0.15, 0.2) is 30.5 Å². The van der Waals surface area contributed by atoms with Crippen molar-refractivity contribution in [3.05, 3.63) is 47.5 Å². The summed E-state index contributed by atoms with van der Waals surface area (Å²) in [6, 6.07) is 6.03. The predicted octanol–water partition coefficient (Wildman–Crippen LogP) is 4.78. The highest BCUT2D eigenvalue weighted by molar-refractivity contribution is 5.91. The van der Waals surface area contributed by atoms with E-state index in [9.17, 15) is 13.2 Å². The number of nitrogens with zero attached hydrogens (tertiary/aromatic N) is 3. The van der Waals surface area contributed by atoms with Gasteiger partial charge in [-0.25, -0.2) is 9.97 Å². The second-order valence-corrected chi connectivity index (χ2v) is 7.12. The minimum absolute atomic E-state index is 0.0724. The zero-order valence-electron chi connectivity index (χ0n) is 18.3. The maximum atomic E-state index is 13.0. The Kier molecular flexibility index (Phi) is 7.34. The Morgan fingerprint density at radius 3 is 2.53 bits per heavy atom. The van der Waals surface area contributed by atoms with Gasteiger partial charge < -0.3 is 19.5 Å². The second kappa shape index (κ2) is 9.99. The van der Waals surface area contributed by atoms with E-state index in [1.807, 2.05) is 6.92 Å². The van der Waals surface area contributed by atoms with Crippen molar-refractivity contribution < 1.29 is 27.4 Å². The third kappa shape index (κ3) is 5.56. The third-order valence-corrected chi connectivity index (χ3v) is 4.88. The Morgan fingerprint density at radius 1 is 1.09 bits per heavy atom. The van der Waals surface area contributed by atoms with E-state index in [2.05, 4.69) is 20.3 Å². The zero-order chi connectivity index (χ0) is 23.3. The standard InChI is InChI=1S/C22H25F3N4O3/c1-5-15(30-3)12-32-19-9-16-17(10-18(19)31-4)28-13(2)29-21(16)27-11-14-6-7-26-20(8-14)22(23,24)25/h6-10,15H,5,11-12H2,1-4H3,(H,27,28,29). The average molecular weight is 450 g/mol. The summed E-state index contributed by atoms with van der Waals surface area (Å²) in [7, 11) is 3.16. The Balaban J connectivity index is 1.91. The minimum Gasteiger partial charge on any atom is -0.493 e. The van der Waals surface area contributed by atoms with Crippen LogP contribution in [0, 0.1) is 6.92 Å². The van der Waals surface area contributed by atoms with Gasteiger partial charge >= 0.3 is 6.18 Å². The molecule has 0 spiro atoms. The van der Waals surface area contributed by atoms with Gasteiger partial charge in [0.25, 0.3) is 0 Å². The van der Waals surface area contributed by atoms with Crippen molar-refractivity contribution in [3.8, 4) is 11.5 Å². The van der Waals surface area contributed by atoms with Crippen molar-refractivity contribution in [2.45, 2.75) is 39.1 Å². The normalized spacial score (nSPS) is 12.6. The molecule has 0 saturated heterocycles. The average Bonchev–Trinajstić information content (AvgIpc) is 2.77. The van der Waals surface area contributed by atoms with Gasteiger partial charge in [-0.15, -0.1) is 0 Å². The molecule has 0 fully saturated rings. The molecule has 32 heavy (non-hydrogen) atoms. The van der Waals surface area contributed by atoms with Gasteiger partial charge in [0.1, 0.15) is 23.9 Å². The molecule has 1 N–H and O–H groups in total. The highest BCUT2D eigenvalue weighted by Gasteiger charge is 2.32. The monoisotopic (exact) mass is 450 g/mol. The number of benzene rings is 1. The van der Waals surface area contributed by atoms with Gasteiger partial charge in [0, 0.05) is 31.3 Å². The van der Waals surface area contributed by atoms with Crippen LogP contribution in [0.1, 0.15) is 30.4 Å². The van der Waals surface area contributed by atoms with E-state index in [1.165, 1.54) is 13.2 Å². The number of hydrogen-bond acceptors (Lipinski definition) is 7. The highest BCUT2D eigenvalue weighted by Crippen LogP contribution is 2.35. The first-order valence-corrected chi connectivity index (χ1v) is 10.0. The molecule has 3 aromatic rings. The molecular formula is C22H25F3N4O3. The second-order valence-electron chi connectivity index (χ2n) is 7.12. The summed E-state index contributed by atoms with van der Waals surface area (Å²) >= 11 is 0. The number of methoxy groups -OCH3 is 2. The molecule has 0 aliphatic rings. The molecule has 0 amide bonds. The summed E-state index contributed by atoms with van der Waals surface area (Å²) in [6.07, 6.45) is -2.65. The minimum atomic E-state index is -4.50. The van der Waals surface area contributed by atoms with Crippen molar-refractivity contribution in [1.29, 1.82) is 0 Å². The van der Waals surface area contributed by atoms with Crippen LogP contribution in [0.4, 0.5) is 19.0 Å². The van der Waals surface area contributed by atoms with Crippen molar-refractivity contribution in [3.63, 3.8) is 0 Å².